The topological polar surface area (TPSA) is 178 Å². The largest absolute Gasteiger partial charge is 0.511 e. The lowest BCUT2D eigenvalue weighted by Gasteiger charge is -2.49. The number of benzene rings is 2. The molecule has 4 atom stereocenters. The van der Waals surface area contributed by atoms with Gasteiger partial charge < -0.3 is 31.3 Å². The molecule has 0 heterocycles. The number of aliphatic hydroxyl groups is 4. The lowest BCUT2D eigenvalue weighted by molar-refractivity contribution is -0.152. The number of hydrogen-bond acceptors (Lipinski definition) is 8. The van der Waals surface area contributed by atoms with E-state index < -0.39 is 70.1 Å². The van der Waals surface area contributed by atoms with Crippen LogP contribution in [0.15, 0.2) is 65.1 Å². The number of Topliss-reactive ketones (excluding diaryl/α,β-unsaturated/α-hetero) is 2. The van der Waals surface area contributed by atoms with Crippen molar-refractivity contribution in [1.29, 1.82) is 0 Å². The summed E-state index contributed by atoms with van der Waals surface area (Å²) >= 11 is 0. The molecule has 0 saturated heterocycles. The predicted octanol–water partition coefficient (Wildman–Crippen LogP) is 1.86. The van der Waals surface area contributed by atoms with Gasteiger partial charge in [0.05, 0.1) is 17.2 Å². The number of amides is 1. The fraction of sp³-hybridized carbons (Fsp3) is 0.222. The third-order valence-electron chi connectivity index (χ3n) is 7.30. The van der Waals surface area contributed by atoms with E-state index in [1.54, 1.807) is 12.1 Å². The standard InChI is InChI=1S/C27H23NO8/c1-11-5-7-12(8-6-11)9-14-13-3-2-4-16(29)18(13)23(32)21-19(14)22(31)15-10-17(30)20(26(28)35)24(33)27(15,36)25(21)34/h2-9,15,19,22,29-31,34,36H,10H2,1H3,(H2,28,35)/b14-9+. The van der Waals surface area contributed by atoms with Crippen molar-refractivity contribution in [2.45, 2.75) is 25.0 Å². The molecule has 0 radical (unpaired) electrons. The summed E-state index contributed by atoms with van der Waals surface area (Å²) in [4.78, 5) is 38.5. The van der Waals surface area contributed by atoms with Crippen molar-refractivity contribution in [3.63, 3.8) is 0 Å². The van der Waals surface area contributed by atoms with E-state index in [0.717, 1.165) is 5.56 Å². The number of phenols is 1. The summed E-state index contributed by atoms with van der Waals surface area (Å²) in [6.07, 6.45) is -0.503. The van der Waals surface area contributed by atoms with Gasteiger partial charge >= 0.3 is 0 Å². The number of allylic oxidation sites excluding steroid dienone is 1. The maximum atomic E-state index is 13.6. The van der Waals surface area contributed by atoms with Gasteiger partial charge in [0.1, 0.15) is 22.8 Å². The molecule has 9 nitrogen and oxygen atoms in total. The highest BCUT2D eigenvalue weighted by atomic mass is 16.4. The number of carbonyl (C=O) groups is 3. The Morgan fingerprint density at radius 1 is 1.08 bits per heavy atom. The van der Waals surface area contributed by atoms with Crippen LogP contribution < -0.4 is 5.73 Å². The number of primary amides is 1. The molecule has 1 amide bonds. The Labute approximate surface area is 205 Å². The molecule has 0 fully saturated rings. The number of aliphatic hydroxyl groups excluding tert-OH is 3. The van der Waals surface area contributed by atoms with Crippen molar-refractivity contribution >= 4 is 29.1 Å². The summed E-state index contributed by atoms with van der Waals surface area (Å²) < 4.78 is 0. The quantitative estimate of drug-likeness (QED) is 0.346. The van der Waals surface area contributed by atoms with E-state index in [-0.39, 0.29) is 11.3 Å². The Morgan fingerprint density at radius 2 is 1.75 bits per heavy atom. The Bertz CT molecular complexity index is 1450. The van der Waals surface area contributed by atoms with Gasteiger partial charge in [-0.2, -0.15) is 0 Å². The molecule has 9 heteroatoms. The summed E-state index contributed by atoms with van der Waals surface area (Å²) in [7, 11) is 0. The molecule has 3 aliphatic rings. The third kappa shape index (κ3) is 3.06. The van der Waals surface area contributed by atoms with Crippen molar-refractivity contribution in [2.24, 2.45) is 17.6 Å². The highest BCUT2D eigenvalue weighted by molar-refractivity contribution is 6.25. The molecule has 184 valence electrons. The third-order valence-corrected chi connectivity index (χ3v) is 7.30. The van der Waals surface area contributed by atoms with Crippen molar-refractivity contribution in [3.8, 4) is 5.75 Å². The van der Waals surface area contributed by atoms with Gasteiger partial charge in [0.25, 0.3) is 5.91 Å². The number of carbonyl (C=O) groups excluding carboxylic acids is 3. The van der Waals surface area contributed by atoms with Crippen LogP contribution in [0.1, 0.15) is 33.5 Å². The lowest BCUT2D eigenvalue weighted by atomic mass is 9.57. The Morgan fingerprint density at radius 3 is 2.39 bits per heavy atom. The van der Waals surface area contributed by atoms with Crippen molar-refractivity contribution in [1.82, 2.24) is 0 Å². The van der Waals surface area contributed by atoms with Crippen LogP contribution in [-0.4, -0.2) is 54.7 Å². The number of phenolic OH excluding ortho intramolecular Hbond substituents is 1. The average Bonchev–Trinajstić information content (AvgIpc) is 2.82. The van der Waals surface area contributed by atoms with E-state index in [0.29, 0.717) is 16.7 Å². The van der Waals surface area contributed by atoms with Gasteiger partial charge in [-0.15, -0.1) is 0 Å². The number of fused-ring (bicyclic) bond motifs is 3. The lowest BCUT2D eigenvalue weighted by Crippen LogP contribution is -2.62. The molecule has 0 bridgehead atoms. The first-order valence-electron chi connectivity index (χ1n) is 11.2. The summed E-state index contributed by atoms with van der Waals surface area (Å²) in [5.74, 6) is -8.48. The molecular formula is C27H23NO8. The Balaban J connectivity index is 1.82. The molecule has 2 aromatic rings. The summed E-state index contributed by atoms with van der Waals surface area (Å²) in [5, 5.41) is 55.0. The zero-order valence-corrected chi connectivity index (χ0v) is 19.1. The fourth-order valence-electron chi connectivity index (χ4n) is 5.53. The normalized spacial score (nSPS) is 28.6. The van der Waals surface area contributed by atoms with Crippen LogP contribution in [0.2, 0.25) is 0 Å². The van der Waals surface area contributed by atoms with E-state index in [2.05, 4.69) is 0 Å². The number of hydrogen-bond donors (Lipinski definition) is 6. The number of rotatable bonds is 2. The van der Waals surface area contributed by atoms with Gasteiger partial charge in [0, 0.05) is 18.3 Å². The maximum Gasteiger partial charge on any atom is 0.255 e. The first-order chi connectivity index (χ1) is 17.0. The minimum atomic E-state index is -2.88. The second-order valence-electron chi connectivity index (χ2n) is 9.36. The van der Waals surface area contributed by atoms with E-state index >= 15 is 0 Å². The summed E-state index contributed by atoms with van der Waals surface area (Å²) in [5.41, 5.74) is 3.15. The minimum absolute atomic E-state index is 0.167. The van der Waals surface area contributed by atoms with Crippen LogP contribution in [0.4, 0.5) is 0 Å². The van der Waals surface area contributed by atoms with E-state index in [1.165, 1.54) is 12.1 Å². The number of aromatic hydroxyl groups is 1. The second kappa shape index (κ2) is 7.91. The first-order valence-corrected chi connectivity index (χ1v) is 11.2. The van der Waals surface area contributed by atoms with Crippen LogP contribution >= 0.6 is 0 Å². The van der Waals surface area contributed by atoms with Crippen molar-refractivity contribution in [3.05, 3.63) is 87.4 Å². The maximum absolute atomic E-state index is 13.6. The smallest absolute Gasteiger partial charge is 0.255 e. The number of nitrogens with two attached hydrogens (primary N) is 1. The van der Waals surface area contributed by atoms with Gasteiger partial charge in [0.2, 0.25) is 5.78 Å². The SMILES string of the molecule is Cc1ccc(/C=C2\c3cccc(O)c3C(=O)C3=C(O)C4(O)C(=O)C(C(N)=O)=C(O)CC4C(O)C32)cc1. The van der Waals surface area contributed by atoms with Gasteiger partial charge in [-0.3, -0.25) is 14.4 Å². The molecule has 5 rings (SSSR count). The van der Waals surface area contributed by atoms with Gasteiger partial charge in [-0.25, -0.2) is 0 Å². The predicted molar refractivity (Wildman–Crippen MR) is 128 cm³/mol. The molecule has 36 heavy (non-hydrogen) atoms. The summed E-state index contributed by atoms with van der Waals surface area (Å²) in [6.45, 7) is 1.91. The molecule has 4 unspecified atom stereocenters. The van der Waals surface area contributed by atoms with Crippen LogP contribution in [0.25, 0.3) is 11.6 Å². The Hall–Kier alpha value is -4.21. The van der Waals surface area contributed by atoms with Crippen LogP contribution in [-0.2, 0) is 9.59 Å². The minimum Gasteiger partial charge on any atom is -0.511 e. The van der Waals surface area contributed by atoms with Crippen LogP contribution in [0.5, 0.6) is 5.75 Å². The van der Waals surface area contributed by atoms with E-state index in [4.69, 9.17) is 5.73 Å². The molecule has 0 saturated carbocycles. The second-order valence-corrected chi connectivity index (χ2v) is 9.36. The molecule has 0 aromatic heterocycles. The molecule has 0 spiro atoms. The number of ketones is 2. The first kappa shape index (κ1) is 23.5. The van der Waals surface area contributed by atoms with Gasteiger partial charge in [-0.05, 0) is 29.7 Å². The van der Waals surface area contributed by atoms with E-state index in [9.17, 15) is 39.9 Å². The zero-order valence-electron chi connectivity index (χ0n) is 19.1. The van der Waals surface area contributed by atoms with Crippen molar-refractivity contribution in [2.75, 3.05) is 0 Å². The van der Waals surface area contributed by atoms with Crippen LogP contribution in [0, 0.1) is 18.8 Å². The fourth-order valence-corrected chi connectivity index (χ4v) is 5.53. The molecule has 0 aliphatic heterocycles. The number of aryl methyl sites for hydroxylation is 1. The monoisotopic (exact) mass is 489 g/mol. The molecule has 7 N–H and O–H groups in total. The highest BCUT2D eigenvalue weighted by Gasteiger charge is 2.63. The highest BCUT2D eigenvalue weighted by Crippen LogP contribution is 2.55. The zero-order chi connectivity index (χ0) is 26.1. The molecule has 3 aliphatic carbocycles. The van der Waals surface area contributed by atoms with Gasteiger partial charge in [0.15, 0.2) is 11.4 Å². The van der Waals surface area contributed by atoms with E-state index in [1.807, 2.05) is 31.2 Å². The molecular weight excluding hydrogens is 466 g/mol. The van der Waals surface area contributed by atoms with Crippen LogP contribution in [0.3, 0.4) is 0 Å². The summed E-state index contributed by atoms with van der Waals surface area (Å²) in [6, 6.07) is 11.8. The van der Waals surface area contributed by atoms with Gasteiger partial charge in [-0.1, -0.05) is 48.0 Å². The average molecular weight is 489 g/mol. The molecule has 2 aromatic carbocycles. The Kier molecular flexibility index (Phi) is 5.17. The van der Waals surface area contributed by atoms with Crippen molar-refractivity contribution < 1.29 is 39.9 Å².